The summed E-state index contributed by atoms with van der Waals surface area (Å²) in [5.74, 6) is 1.41. The van der Waals surface area contributed by atoms with E-state index >= 15 is 0 Å². The van der Waals surface area contributed by atoms with Gasteiger partial charge in [-0.3, -0.25) is 4.79 Å². The molecular formula is C19H27N3O2. The van der Waals surface area contributed by atoms with Crippen LogP contribution in [0.4, 0.5) is 0 Å². The zero-order valence-electron chi connectivity index (χ0n) is 15.1. The van der Waals surface area contributed by atoms with Crippen LogP contribution in [0.1, 0.15) is 57.1 Å². The Labute approximate surface area is 144 Å². The molecule has 1 saturated heterocycles. The average Bonchev–Trinajstić information content (AvgIpc) is 3.15. The van der Waals surface area contributed by atoms with Crippen molar-refractivity contribution in [2.45, 2.75) is 51.7 Å². The number of aliphatic imine (C=N–C) groups is 1. The van der Waals surface area contributed by atoms with Crippen LogP contribution in [0.25, 0.3) is 0 Å². The van der Waals surface area contributed by atoms with E-state index in [1.807, 2.05) is 18.9 Å². The summed E-state index contributed by atoms with van der Waals surface area (Å²) in [5.41, 5.74) is 1.49. The van der Waals surface area contributed by atoms with Gasteiger partial charge in [-0.2, -0.15) is 0 Å². The fourth-order valence-corrected chi connectivity index (χ4v) is 3.35. The molecule has 0 saturated carbocycles. The fourth-order valence-electron chi connectivity index (χ4n) is 3.35. The van der Waals surface area contributed by atoms with Gasteiger partial charge in [0.1, 0.15) is 0 Å². The molecule has 1 aromatic rings. The van der Waals surface area contributed by atoms with Gasteiger partial charge < -0.3 is 4.90 Å². The molecule has 0 bridgehead atoms. The minimum atomic E-state index is -0.819. The Morgan fingerprint density at radius 3 is 2.46 bits per heavy atom. The lowest BCUT2D eigenvalue weighted by molar-refractivity contribution is -0.170. The molecule has 24 heavy (non-hydrogen) atoms. The van der Waals surface area contributed by atoms with E-state index in [0.717, 1.165) is 37.3 Å². The molecule has 2 aliphatic heterocycles. The van der Waals surface area contributed by atoms with Crippen molar-refractivity contribution in [1.82, 2.24) is 9.96 Å². The Balaban J connectivity index is 1.76. The zero-order valence-corrected chi connectivity index (χ0v) is 15.1. The molecule has 5 heteroatoms. The Bertz CT molecular complexity index is 633. The summed E-state index contributed by atoms with van der Waals surface area (Å²) in [4.78, 5) is 25.0. The zero-order chi connectivity index (χ0) is 17.3. The molecule has 1 atom stereocenters. The molecule has 0 N–H and O–H groups in total. The van der Waals surface area contributed by atoms with Crippen molar-refractivity contribution in [3.05, 3.63) is 35.4 Å². The number of likely N-dealkylation sites (tertiary alicyclic amines) is 1. The van der Waals surface area contributed by atoms with Crippen LogP contribution < -0.4 is 0 Å². The maximum atomic E-state index is 12.4. The van der Waals surface area contributed by atoms with Crippen LogP contribution in [-0.4, -0.2) is 47.6 Å². The molecule has 1 unspecified atom stereocenters. The highest BCUT2D eigenvalue weighted by atomic mass is 16.7. The summed E-state index contributed by atoms with van der Waals surface area (Å²) in [6.45, 7) is 7.96. The first-order valence-electron chi connectivity index (χ1n) is 8.79. The second-order valence-corrected chi connectivity index (χ2v) is 7.24. The predicted octanol–water partition coefficient (Wildman–Crippen LogP) is 3.16. The molecule has 0 spiro atoms. The summed E-state index contributed by atoms with van der Waals surface area (Å²) < 4.78 is 0. The van der Waals surface area contributed by atoms with E-state index in [2.05, 4.69) is 38.1 Å². The van der Waals surface area contributed by atoms with Crippen molar-refractivity contribution in [3.63, 3.8) is 0 Å². The normalized spacial score (nSPS) is 24.0. The predicted molar refractivity (Wildman–Crippen MR) is 94.8 cm³/mol. The molecule has 130 valence electrons. The quantitative estimate of drug-likeness (QED) is 0.852. The van der Waals surface area contributed by atoms with E-state index in [1.165, 1.54) is 5.56 Å². The van der Waals surface area contributed by atoms with Gasteiger partial charge >= 0.3 is 0 Å². The molecule has 3 rings (SSSR count). The van der Waals surface area contributed by atoms with Crippen LogP contribution in [0.15, 0.2) is 29.3 Å². The lowest BCUT2D eigenvalue weighted by atomic mass is 10.0. The van der Waals surface area contributed by atoms with Crippen LogP contribution in [0.5, 0.6) is 0 Å². The number of hydroxylamine groups is 2. The number of hydrogen-bond acceptors (Lipinski definition) is 4. The highest BCUT2D eigenvalue weighted by molar-refractivity contribution is 5.99. The van der Waals surface area contributed by atoms with E-state index in [4.69, 9.17) is 9.83 Å². The van der Waals surface area contributed by atoms with Gasteiger partial charge in [0.25, 0.3) is 0 Å². The van der Waals surface area contributed by atoms with Crippen molar-refractivity contribution in [3.8, 4) is 0 Å². The number of nitrogens with zero attached hydrogens (tertiary/aromatic N) is 3. The molecule has 5 nitrogen and oxygen atoms in total. The minimum absolute atomic E-state index is 0.128. The summed E-state index contributed by atoms with van der Waals surface area (Å²) in [7, 11) is 1.85. The average molecular weight is 329 g/mol. The van der Waals surface area contributed by atoms with Gasteiger partial charge in [-0.25, -0.2) is 14.9 Å². The first-order chi connectivity index (χ1) is 11.4. The van der Waals surface area contributed by atoms with E-state index in [9.17, 15) is 4.79 Å². The van der Waals surface area contributed by atoms with Crippen LogP contribution in [0.2, 0.25) is 0 Å². The highest BCUT2D eigenvalue weighted by Gasteiger charge is 2.39. The Morgan fingerprint density at radius 1 is 1.25 bits per heavy atom. The standard InChI is InChI=1S/C19H27N3O2/c1-14(2)15-7-9-16(10-8-15)18-20-19(3,24-21(18)4)13-17(23)22-11-5-6-12-22/h7-10,14H,5-6,11-13H2,1-4H3. The maximum Gasteiger partial charge on any atom is 0.227 e. The van der Waals surface area contributed by atoms with Crippen LogP contribution in [-0.2, 0) is 9.63 Å². The third-order valence-electron chi connectivity index (χ3n) is 4.75. The Morgan fingerprint density at radius 2 is 1.88 bits per heavy atom. The van der Waals surface area contributed by atoms with Crippen LogP contribution >= 0.6 is 0 Å². The summed E-state index contributed by atoms with van der Waals surface area (Å²) in [6, 6.07) is 8.40. The lowest BCUT2D eigenvalue weighted by Crippen LogP contribution is -2.37. The smallest absolute Gasteiger partial charge is 0.227 e. The van der Waals surface area contributed by atoms with Gasteiger partial charge in [0, 0.05) is 25.7 Å². The topological polar surface area (TPSA) is 45.1 Å². The molecular weight excluding hydrogens is 302 g/mol. The summed E-state index contributed by atoms with van der Waals surface area (Å²) >= 11 is 0. The van der Waals surface area contributed by atoms with Crippen molar-refractivity contribution in [2.75, 3.05) is 20.1 Å². The van der Waals surface area contributed by atoms with Gasteiger partial charge in [-0.05, 0) is 31.2 Å². The molecule has 0 radical (unpaired) electrons. The van der Waals surface area contributed by atoms with Gasteiger partial charge in [0.15, 0.2) is 11.6 Å². The summed E-state index contributed by atoms with van der Waals surface area (Å²) in [5, 5.41) is 1.68. The maximum absolute atomic E-state index is 12.4. The molecule has 1 aromatic carbocycles. The van der Waals surface area contributed by atoms with E-state index < -0.39 is 5.72 Å². The van der Waals surface area contributed by atoms with Crippen LogP contribution in [0.3, 0.4) is 0 Å². The van der Waals surface area contributed by atoms with E-state index in [1.54, 1.807) is 5.06 Å². The second-order valence-electron chi connectivity index (χ2n) is 7.24. The molecule has 2 aliphatic rings. The molecule has 0 aliphatic carbocycles. The second kappa shape index (κ2) is 6.55. The number of amides is 1. The van der Waals surface area contributed by atoms with Gasteiger partial charge in [-0.15, -0.1) is 0 Å². The number of carbonyl (C=O) groups excluding carboxylic acids is 1. The van der Waals surface area contributed by atoms with Crippen LogP contribution in [0, 0.1) is 0 Å². The molecule has 0 aromatic heterocycles. The van der Waals surface area contributed by atoms with Crippen molar-refractivity contribution < 1.29 is 9.63 Å². The molecule has 1 fully saturated rings. The largest absolute Gasteiger partial charge is 0.343 e. The van der Waals surface area contributed by atoms with Crippen molar-refractivity contribution >= 4 is 11.7 Å². The van der Waals surface area contributed by atoms with Gasteiger partial charge in [0.05, 0.1) is 6.42 Å². The highest BCUT2D eigenvalue weighted by Crippen LogP contribution is 2.29. The lowest BCUT2D eigenvalue weighted by Gasteiger charge is -2.24. The van der Waals surface area contributed by atoms with Gasteiger partial charge in [0.2, 0.25) is 5.91 Å². The Kier molecular flexibility index (Phi) is 4.63. The Hall–Kier alpha value is -1.88. The number of benzene rings is 1. The summed E-state index contributed by atoms with van der Waals surface area (Å²) in [6.07, 6.45) is 2.48. The molecule has 2 heterocycles. The number of rotatable bonds is 4. The molecule has 1 amide bonds. The van der Waals surface area contributed by atoms with E-state index in [-0.39, 0.29) is 12.3 Å². The number of hydrogen-bond donors (Lipinski definition) is 0. The SMILES string of the molecule is CC(C)c1ccc(C2=NC(C)(CC(=O)N3CCCC3)ON2C)cc1. The first-order valence-corrected chi connectivity index (χ1v) is 8.79. The fraction of sp³-hybridized carbons (Fsp3) is 0.579. The van der Waals surface area contributed by atoms with Crippen molar-refractivity contribution in [1.29, 1.82) is 0 Å². The third kappa shape index (κ3) is 3.46. The number of amidine groups is 1. The minimum Gasteiger partial charge on any atom is -0.343 e. The third-order valence-corrected chi connectivity index (χ3v) is 4.75. The van der Waals surface area contributed by atoms with Crippen molar-refractivity contribution in [2.24, 2.45) is 4.99 Å². The monoisotopic (exact) mass is 329 g/mol. The van der Waals surface area contributed by atoms with E-state index in [0.29, 0.717) is 5.92 Å². The first kappa shape index (κ1) is 17.0. The van der Waals surface area contributed by atoms with Gasteiger partial charge in [-0.1, -0.05) is 38.1 Å². The number of carbonyl (C=O) groups is 1.